The Hall–Kier alpha value is -0.770. The van der Waals surface area contributed by atoms with Crippen molar-refractivity contribution in [3.63, 3.8) is 0 Å². The number of halogens is 1. The highest BCUT2D eigenvalue weighted by Gasteiger charge is 2.27. The number of benzene rings is 1. The maximum Gasteiger partial charge on any atom is 0.0643 e. The van der Waals surface area contributed by atoms with E-state index >= 15 is 0 Å². The smallest absolute Gasteiger partial charge is 0.0643 e. The van der Waals surface area contributed by atoms with E-state index in [1.54, 1.807) is 0 Å². The third-order valence-electron chi connectivity index (χ3n) is 3.65. The minimum absolute atomic E-state index is 0.197. The molecule has 4 heteroatoms. The lowest BCUT2D eigenvalue weighted by atomic mass is 10.1. The molecule has 2 rings (SSSR count). The van der Waals surface area contributed by atoms with Gasteiger partial charge in [-0.1, -0.05) is 37.6 Å². The summed E-state index contributed by atoms with van der Waals surface area (Å²) in [6, 6.07) is 6.69. The predicted molar refractivity (Wildman–Crippen MR) is 80.9 cm³/mol. The molecule has 1 aromatic rings. The van der Waals surface area contributed by atoms with Gasteiger partial charge in [-0.25, -0.2) is 0 Å². The molecular formula is C15H23ClN2O. The van der Waals surface area contributed by atoms with Gasteiger partial charge in [0.05, 0.1) is 23.4 Å². The molecule has 1 aromatic carbocycles. The Morgan fingerprint density at radius 1 is 1.47 bits per heavy atom. The van der Waals surface area contributed by atoms with Crippen molar-refractivity contribution in [1.82, 2.24) is 5.32 Å². The first-order chi connectivity index (χ1) is 9.13. The molecule has 19 heavy (non-hydrogen) atoms. The highest BCUT2D eigenvalue weighted by molar-refractivity contribution is 6.33. The minimum atomic E-state index is 0.197. The van der Waals surface area contributed by atoms with Crippen LogP contribution in [0.5, 0.6) is 0 Å². The molecule has 2 N–H and O–H groups in total. The van der Waals surface area contributed by atoms with Crippen molar-refractivity contribution < 1.29 is 5.11 Å². The van der Waals surface area contributed by atoms with Crippen molar-refractivity contribution in [2.75, 3.05) is 18.1 Å². The number of nitrogens with one attached hydrogen (secondary N) is 1. The van der Waals surface area contributed by atoms with E-state index in [4.69, 9.17) is 11.6 Å². The summed E-state index contributed by atoms with van der Waals surface area (Å²) in [5.41, 5.74) is 2.30. The number of hydrogen-bond donors (Lipinski definition) is 2. The molecule has 0 aromatic heterocycles. The fourth-order valence-electron chi connectivity index (χ4n) is 2.66. The Kier molecular flexibility index (Phi) is 5.08. The van der Waals surface area contributed by atoms with E-state index in [1.165, 1.54) is 5.56 Å². The molecule has 0 saturated carbocycles. The summed E-state index contributed by atoms with van der Waals surface area (Å²) >= 11 is 6.40. The van der Waals surface area contributed by atoms with Gasteiger partial charge < -0.3 is 15.3 Å². The van der Waals surface area contributed by atoms with E-state index < -0.39 is 0 Å². The number of anilines is 1. The molecule has 1 fully saturated rings. The lowest BCUT2D eigenvalue weighted by molar-refractivity contribution is 0.266. The summed E-state index contributed by atoms with van der Waals surface area (Å²) in [6.07, 6.45) is 2.16. The fourth-order valence-corrected chi connectivity index (χ4v) is 2.96. The Morgan fingerprint density at radius 2 is 2.26 bits per heavy atom. The van der Waals surface area contributed by atoms with Crippen LogP contribution in [0.2, 0.25) is 5.02 Å². The van der Waals surface area contributed by atoms with Crippen LogP contribution in [0.3, 0.4) is 0 Å². The molecule has 106 valence electrons. The second-order valence-electron chi connectivity index (χ2n) is 5.46. The lowest BCUT2D eigenvalue weighted by Gasteiger charge is -2.29. The van der Waals surface area contributed by atoms with Gasteiger partial charge in [-0.3, -0.25) is 0 Å². The van der Waals surface area contributed by atoms with Crippen molar-refractivity contribution in [1.29, 1.82) is 0 Å². The van der Waals surface area contributed by atoms with Gasteiger partial charge in [-0.15, -0.1) is 0 Å². The van der Waals surface area contributed by atoms with Crippen LogP contribution in [0.1, 0.15) is 32.3 Å². The fraction of sp³-hybridized carbons (Fsp3) is 0.600. The molecule has 0 spiro atoms. The van der Waals surface area contributed by atoms with Gasteiger partial charge >= 0.3 is 0 Å². The standard InChI is InChI=1S/C15H23ClN2O/c1-11(2)17-9-12-5-3-7-14(16)15(12)18-8-4-6-13(18)10-19/h3,5,7,11,13,17,19H,4,6,8-10H2,1-2H3. The maximum absolute atomic E-state index is 9.50. The molecule has 1 heterocycles. The average Bonchev–Trinajstić information content (AvgIpc) is 2.84. The average molecular weight is 283 g/mol. The zero-order valence-corrected chi connectivity index (χ0v) is 12.5. The van der Waals surface area contributed by atoms with E-state index in [0.29, 0.717) is 6.04 Å². The largest absolute Gasteiger partial charge is 0.394 e. The van der Waals surface area contributed by atoms with E-state index in [1.807, 2.05) is 12.1 Å². The highest BCUT2D eigenvalue weighted by Crippen LogP contribution is 2.35. The molecule has 0 amide bonds. The molecule has 1 saturated heterocycles. The summed E-state index contributed by atoms with van der Waals surface area (Å²) < 4.78 is 0. The molecule has 0 bridgehead atoms. The van der Waals surface area contributed by atoms with Crippen molar-refractivity contribution in [3.8, 4) is 0 Å². The monoisotopic (exact) mass is 282 g/mol. The number of para-hydroxylation sites is 1. The van der Waals surface area contributed by atoms with Gasteiger partial charge in [0.15, 0.2) is 0 Å². The van der Waals surface area contributed by atoms with Crippen LogP contribution in [0.4, 0.5) is 5.69 Å². The van der Waals surface area contributed by atoms with Gasteiger partial charge in [-0.05, 0) is 24.5 Å². The Bertz CT molecular complexity index is 423. The predicted octanol–water partition coefficient (Wildman–Crippen LogP) is 2.80. The SMILES string of the molecule is CC(C)NCc1cccc(Cl)c1N1CCCC1CO. The second-order valence-corrected chi connectivity index (χ2v) is 5.86. The first-order valence-corrected chi connectivity index (χ1v) is 7.39. The summed E-state index contributed by atoms with van der Waals surface area (Å²) in [7, 11) is 0. The first-order valence-electron chi connectivity index (χ1n) is 7.01. The van der Waals surface area contributed by atoms with E-state index in [-0.39, 0.29) is 12.6 Å². The lowest BCUT2D eigenvalue weighted by Crippen LogP contribution is -2.34. The van der Waals surface area contributed by atoms with Gasteiger partial charge in [0.2, 0.25) is 0 Å². The third-order valence-corrected chi connectivity index (χ3v) is 3.95. The highest BCUT2D eigenvalue weighted by atomic mass is 35.5. The van der Waals surface area contributed by atoms with Crippen LogP contribution in [0, 0.1) is 0 Å². The number of nitrogens with zero attached hydrogens (tertiary/aromatic N) is 1. The van der Waals surface area contributed by atoms with E-state index in [0.717, 1.165) is 36.6 Å². The zero-order chi connectivity index (χ0) is 13.8. The molecule has 0 radical (unpaired) electrons. The van der Waals surface area contributed by atoms with Gasteiger partial charge in [0, 0.05) is 19.1 Å². The number of aliphatic hydroxyl groups excluding tert-OH is 1. The molecule has 1 aliphatic rings. The van der Waals surface area contributed by atoms with Crippen molar-refractivity contribution >= 4 is 17.3 Å². The molecule has 1 aliphatic heterocycles. The van der Waals surface area contributed by atoms with Crippen LogP contribution in [-0.4, -0.2) is 30.3 Å². The number of aliphatic hydroxyl groups is 1. The quantitative estimate of drug-likeness (QED) is 0.872. The molecule has 0 aliphatic carbocycles. The summed E-state index contributed by atoms with van der Waals surface area (Å²) in [4.78, 5) is 2.26. The van der Waals surface area contributed by atoms with Crippen LogP contribution in [0.25, 0.3) is 0 Å². The summed E-state index contributed by atoms with van der Waals surface area (Å²) in [5.74, 6) is 0. The van der Waals surface area contributed by atoms with Crippen molar-refractivity contribution in [3.05, 3.63) is 28.8 Å². The second kappa shape index (κ2) is 6.60. The Balaban J connectivity index is 2.26. The van der Waals surface area contributed by atoms with Crippen LogP contribution >= 0.6 is 11.6 Å². The van der Waals surface area contributed by atoms with E-state index in [9.17, 15) is 5.11 Å². The maximum atomic E-state index is 9.50. The normalized spacial score (nSPS) is 19.4. The summed E-state index contributed by atoms with van der Waals surface area (Å²) in [5, 5.41) is 13.7. The molecule has 3 nitrogen and oxygen atoms in total. The van der Waals surface area contributed by atoms with Crippen LogP contribution in [-0.2, 0) is 6.54 Å². The zero-order valence-electron chi connectivity index (χ0n) is 11.7. The molecular weight excluding hydrogens is 260 g/mol. The van der Waals surface area contributed by atoms with Crippen molar-refractivity contribution in [2.45, 2.75) is 45.3 Å². The van der Waals surface area contributed by atoms with Gasteiger partial charge in [0.1, 0.15) is 0 Å². The number of rotatable bonds is 5. The van der Waals surface area contributed by atoms with E-state index in [2.05, 4.69) is 30.1 Å². The Morgan fingerprint density at radius 3 is 2.95 bits per heavy atom. The molecule has 1 unspecified atom stereocenters. The number of hydrogen-bond acceptors (Lipinski definition) is 3. The van der Waals surface area contributed by atoms with Gasteiger partial charge in [0.25, 0.3) is 0 Å². The minimum Gasteiger partial charge on any atom is -0.394 e. The van der Waals surface area contributed by atoms with Crippen molar-refractivity contribution in [2.24, 2.45) is 0 Å². The molecule has 1 atom stereocenters. The Labute approximate surface area is 120 Å². The van der Waals surface area contributed by atoms with Crippen LogP contribution in [0.15, 0.2) is 18.2 Å². The topological polar surface area (TPSA) is 35.5 Å². The summed E-state index contributed by atoms with van der Waals surface area (Å²) in [6.45, 7) is 6.25. The first kappa shape index (κ1) is 14.6. The van der Waals surface area contributed by atoms with Gasteiger partial charge in [-0.2, -0.15) is 0 Å². The third kappa shape index (κ3) is 3.41. The van der Waals surface area contributed by atoms with Crippen LogP contribution < -0.4 is 10.2 Å².